The molecule has 5 nitrogen and oxygen atoms in total. The summed E-state index contributed by atoms with van der Waals surface area (Å²) in [5, 5.41) is 11.7. The average Bonchev–Trinajstić information content (AvgIpc) is 2.90. The molecule has 126 valence electrons. The smallest absolute Gasteiger partial charge is 0.305 e. The van der Waals surface area contributed by atoms with E-state index in [9.17, 15) is 14.0 Å². The molecule has 2 rings (SSSR count). The van der Waals surface area contributed by atoms with Crippen LogP contribution in [0, 0.1) is 5.82 Å². The van der Waals surface area contributed by atoms with E-state index < -0.39 is 17.8 Å². The summed E-state index contributed by atoms with van der Waals surface area (Å²) in [6, 6.07) is 4.83. The molecule has 0 radical (unpaired) electrons. The van der Waals surface area contributed by atoms with Gasteiger partial charge in [-0.2, -0.15) is 0 Å². The van der Waals surface area contributed by atoms with Crippen molar-refractivity contribution in [3.05, 3.63) is 35.6 Å². The highest BCUT2D eigenvalue weighted by Crippen LogP contribution is 2.23. The molecule has 1 saturated heterocycles. The maximum absolute atomic E-state index is 13.0. The van der Waals surface area contributed by atoms with Crippen LogP contribution in [0.15, 0.2) is 24.3 Å². The van der Waals surface area contributed by atoms with E-state index in [2.05, 4.69) is 5.32 Å². The van der Waals surface area contributed by atoms with E-state index in [1.54, 1.807) is 0 Å². The third-order valence-corrected chi connectivity index (χ3v) is 4.00. The molecule has 0 bridgehead atoms. The Balaban J connectivity index is 1.90. The number of nitrogens with one attached hydrogen (secondary N) is 1. The van der Waals surface area contributed by atoms with Gasteiger partial charge in [0.1, 0.15) is 5.82 Å². The van der Waals surface area contributed by atoms with Crippen LogP contribution in [0.2, 0.25) is 0 Å². The molecule has 6 heteroatoms. The Labute approximate surface area is 134 Å². The molecule has 1 fully saturated rings. The first-order chi connectivity index (χ1) is 10.9. The average molecular weight is 323 g/mol. The molecule has 1 heterocycles. The van der Waals surface area contributed by atoms with Gasteiger partial charge in [-0.05, 0) is 43.9 Å². The van der Waals surface area contributed by atoms with E-state index in [1.165, 1.54) is 24.3 Å². The van der Waals surface area contributed by atoms with Crippen molar-refractivity contribution < 1.29 is 23.8 Å². The van der Waals surface area contributed by atoms with Gasteiger partial charge in [-0.15, -0.1) is 0 Å². The van der Waals surface area contributed by atoms with Crippen LogP contribution in [-0.2, 0) is 14.3 Å². The van der Waals surface area contributed by atoms with Crippen molar-refractivity contribution >= 4 is 11.9 Å². The first-order valence-electron chi connectivity index (χ1n) is 7.86. The molecular formula is C17H22FNO4. The van der Waals surface area contributed by atoms with Crippen LogP contribution < -0.4 is 5.32 Å². The van der Waals surface area contributed by atoms with Crippen LogP contribution >= 0.6 is 0 Å². The molecule has 0 aliphatic carbocycles. The molecule has 1 aromatic carbocycles. The topological polar surface area (TPSA) is 75.6 Å². The van der Waals surface area contributed by atoms with Gasteiger partial charge >= 0.3 is 5.97 Å². The Kier molecular flexibility index (Phi) is 6.10. The Morgan fingerprint density at radius 1 is 1.35 bits per heavy atom. The predicted molar refractivity (Wildman–Crippen MR) is 82.3 cm³/mol. The molecule has 1 aromatic rings. The molecule has 2 N–H and O–H groups in total. The normalized spacial score (nSPS) is 21.8. The molecule has 1 aliphatic rings. The van der Waals surface area contributed by atoms with Gasteiger partial charge in [-0.1, -0.05) is 12.1 Å². The lowest BCUT2D eigenvalue weighted by Crippen LogP contribution is -2.30. The van der Waals surface area contributed by atoms with Crippen molar-refractivity contribution in [3.63, 3.8) is 0 Å². The zero-order valence-electron chi connectivity index (χ0n) is 13.1. The van der Waals surface area contributed by atoms with Gasteiger partial charge in [0.25, 0.3) is 0 Å². The number of ether oxygens (including phenoxy) is 1. The summed E-state index contributed by atoms with van der Waals surface area (Å²) >= 11 is 0. The number of carbonyl (C=O) groups excluding carboxylic acids is 1. The highest BCUT2D eigenvalue weighted by molar-refractivity contribution is 5.77. The van der Waals surface area contributed by atoms with Gasteiger partial charge in [0.15, 0.2) is 0 Å². The van der Waals surface area contributed by atoms with Gasteiger partial charge in [-0.25, -0.2) is 4.39 Å². The summed E-state index contributed by atoms with van der Waals surface area (Å²) in [6.07, 6.45) is 2.96. The van der Waals surface area contributed by atoms with Crippen molar-refractivity contribution in [3.8, 4) is 0 Å². The maximum Gasteiger partial charge on any atom is 0.305 e. The fourth-order valence-corrected chi connectivity index (χ4v) is 2.78. The van der Waals surface area contributed by atoms with Crippen LogP contribution in [-0.4, -0.2) is 29.2 Å². The number of carbonyl (C=O) groups is 2. The van der Waals surface area contributed by atoms with E-state index >= 15 is 0 Å². The monoisotopic (exact) mass is 323 g/mol. The van der Waals surface area contributed by atoms with E-state index in [4.69, 9.17) is 9.84 Å². The van der Waals surface area contributed by atoms with E-state index in [0.717, 1.165) is 12.8 Å². The molecule has 0 saturated carbocycles. The SMILES string of the molecule is C[C@@H]1CC[C@@H](CCC(=O)N[C@H](CC(=O)O)c2ccc(F)cc2)O1. The number of carboxylic acid groups (broad SMARTS) is 1. The Bertz CT molecular complexity index is 546. The van der Waals surface area contributed by atoms with Gasteiger partial charge in [0.2, 0.25) is 5.91 Å². The molecule has 0 unspecified atom stereocenters. The Morgan fingerprint density at radius 2 is 2.04 bits per heavy atom. The van der Waals surface area contributed by atoms with Crippen molar-refractivity contribution in [1.29, 1.82) is 0 Å². The molecule has 23 heavy (non-hydrogen) atoms. The van der Waals surface area contributed by atoms with Crippen molar-refractivity contribution in [2.75, 3.05) is 0 Å². The number of rotatable bonds is 7. The first-order valence-corrected chi connectivity index (χ1v) is 7.86. The number of hydrogen-bond donors (Lipinski definition) is 2. The summed E-state index contributed by atoms with van der Waals surface area (Å²) in [4.78, 5) is 23.1. The van der Waals surface area contributed by atoms with Crippen LogP contribution in [0.3, 0.4) is 0 Å². The minimum Gasteiger partial charge on any atom is -0.481 e. The van der Waals surface area contributed by atoms with Gasteiger partial charge in [0, 0.05) is 6.42 Å². The van der Waals surface area contributed by atoms with Crippen LogP contribution in [0.1, 0.15) is 50.6 Å². The van der Waals surface area contributed by atoms with E-state index in [0.29, 0.717) is 12.0 Å². The Hall–Kier alpha value is -1.95. The van der Waals surface area contributed by atoms with E-state index in [1.807, 2.05) is 6.92 Å². The van der Waals surface area contributed by atoms with Gasteiger partial charge in [0.05, 0.1) is 24.7 Å². The second-order valence-corrected chi connectivity index (χ2v) is 5.95. The lowest BCUT2D eigenvalue weighted by Gasteiger charge is -2.18. The van der Waals surface area contributed by atoms with Gasteiger partial charge < -0.3 is 15.2 Å². The number of hydrogen-bond acceptors (Lipinski definition) is 3. The number of carboxylic acids is 1. The minimum absolute atomic E-state index is 0.0968. The molecule has 1 amide bonds. The van der Waals surface area contributed by atoms with Crippen molar-refractivity contribution in [1.82, 2.24) is 5.32 Å². The number of amides is 1. The third-order valence-electron chi connectivity index (χ3n) is 4.00. The molecule has 0 aromatic heterocycles. The van der Waals surface area contributed by atoms with Gasteiger partial charge in [-0.3, -0.25) is 9.59 Å². The quantitative estimate of drug-likeness (QED) is 0.809. The zero-order chi connectivity index (χ0) is 16.8. The predicted octanol–water partition coefficient (Wildman–Crippen LogP) is 2.81. The summed E-state index contributed by atoms with van der Waals surface area (Å²) in [5.41, 5.74) is 0.577. The van der Waals surface area contributed by atoms with E-state index in [-0.39, 0.29) is 31.0 Å². The zero-order valence-corrected chi connectivity index (χ0v) is 13.1. The summed E-state index contributed by atoms with van der Waals surface area (Å²) in [5.74, 6) is -1.64. The third kappa shape index (κ3) is 5.63. The summed E-state index contributed by atoms with van der Waals surface area (Å²) in [6.45, 7) is 2.01. The summed E-state index contributed by atoms with van der Waals surface area (Å²) in [7, 11) is 0. The second-order valence-electron chi connectivity index (χ2n) is 5.95. The molecule has 3 atom stereocenters. The second kappa shape index (κ2) is 8.06. The number of benzene rings is 1. The lowest BCUT2D eigenvalue weighted by molar-refractivity contribution is -0.137. The van der Waals surface area contributed by atoms with Crippen LogP contribution in [0.25, 0.3) is 0 Å². The fraction of sp³-hybridized carbons (Fsp3) is 0.529. The standard InChI is InChI=1S/C17H22FNO4/c1-11-2-7-14(23-11)8-9-16(20)19-15(10-17(21)22)12-3-5-13(18)6-4-12/h3-6,11,14-15H,2,7-10H2,1H3,(H,19,20)(H,21,22)/t11-,14+,15-/m1/s1. The molecule has 1 aliphatic heterocycles. The largest absolute Gasteiger partial charge is 0.481 e. The van der Waals surface area contributed by atoms with Crippen LogP contribution in [0.4, 0.5) is 4.39 Å². The number of aliphatic carboxylic acids is 1. The Morgan fingerprint density at radius 3 is 2.61 bits per heavy atom. The molecule has 0 spiro atoms. The maximum atomic E-state index is 13.0. The number of halogens is 1. The first kappa shape index (κ1) is 17.4. The molecular weight excluding hydrogens is 301 g/mol. The van der Waals surface area contributed by atoms with Crippen molar-refractivity contribution in [2.45, 2.75) is 57.3 Å². The highest BCUT2D eigenvalue weighted by Gasteiger charge is 2.23. The lowest BCUT2D eigenvalue weighted by atomic mass is 10.0. The fourth-order valence-electron chi connectivity index (χ4n) is 2.78. The highest BCUT2D eigenvalue weighted by atomic mass is 19.1. The minimum atomic E-state index is -1.02. The van der Waals surface area contributed by atoms with Crippen LogP contribution in [0.5, 0.6) is 0 Å². The van der Waals surface area contributed by atoms with Crippen molar-refractivity contribution in [2.24, 2.45) is 0 Å². The summed E-state index contributed by atoms with van der Waals surface area (Å²) < 4.78 is 18.6.